The molecular formula is C13H18N2O3. The van der Waals surface area contributed by atoms with Gasteiger partial charge in [-0.25, -0.2) is 4.79 Å². The van der Waals surface area contributed by atoms with Gasteiger partial charge in [0, 0.05) is 11.5 Å². The molecule has 0 radical (unpaired) electrons. The monoisotopic (exact) mass is 250 g/mol. The Balaban J connectivity index is 3.31. The minimum atomic E-state index is -1.36. The summed E-state index contributed by atoms with van der Waals surface area (Å²) in [5, 5.41) is 9.29. The standard InChI is InChI=1S/C13H18N2O3/c1-5-18-11(16)9-8(4)13(6-14,12(15)17)10(9)7(2)3/h7,10H,5H2,1-4H3,(H2,15,17). The average Bonchev–Trinajstić information content (AvgIpc) is 2.26. The molecule has 1 aliphatic rings. The lowest BCUT2D eigenvalue weighted by molar-refractivity contribution is -0.142. The number of esters is 1. The first-order valence-electron chi connectivity index (χ1n) is 5.94. The molecule has 1 rings (SSSR count). The third-order valence-electron chi connectivity index (χ3n) is 3.50. The number of rotatable bonds is 4. The summed E-state index contributed by atoms with van der Waals surface area (Å²) in [5.74, 6) is -1.69. The van der Waals surface area contributed by atoms with Crippen LogP contribution in [0.15, 0.2) is 11.1 Å². The zero-order chi connectivity index (χ0) is 14.1. The van der Waals surface area contributed by atoms with Crippen LogP contribution in [0, 0.1) is 28.6 Å². The van der Waals surface area contributed by atoms with Crippen molar-refractivity contribution < 1.29 is 14.3 Å². The largest absolute Gasteiger partial charge is 0.463 e. The summed E-state index contributed by atoms with van der Waals surface area (Å²) in [7, 11) is 0. The molecule has 0 saturated carbocycles. The molecule has 0 aliphatic heterocycles. The van der Waals surface area contributed by atoms with Gasteiger partial charge in [0.1, 0.15) is 0 Å². The van der Waals surface area contributed by atoms with Crippen molar-refractivity contribution in [3.63, 3.8) is 0 Å². The third kappa shape index (κ3) is 1.69. The fraction of sp³-hybridized carbons (Fsp3) is 0.615. The molecule has 0 bridgehead atoms. The van der Waals surface area contributed by atoms with E-state index in [2.05, 4.69) is 0 Å². The van der Waals surface area contributed by atoms with Crippen molar-refractivity contribution >= 4 is 11.9 Å². The van der Waals surface area contributed by atoms with Crippen LogP contribution >= 0.6 is 0 Å². The first-order valence-corrected chi connectivity index (χ1v) is 5.94. The van der Waals surface area contributed by atoms with E-state index in [9.17, 15) is 14.9 Å². The van der Waals surface area contributed by atoms with E-state index < -0.39 is 23.2 Å². The number of primary amides is 1. The van der Waals surface area contributed by atoms with E-state index in [0.29, 0.717) is 11.1 Å². The Hall–Kier alpha value is -1.83. The molecule has 1 amide bonds. The number of nitriles is 1. The topological polar surface area (TPSA) is 93.2 Å². The minimum Gasteiger partial charge on any atom is -0.463 e. The zero-order valence-corrected chi connectivity index (χ0v) is 11.1. The van der Waals surface area contributed by atoms with Crippen molar-refractivity contribution in [1.29, 1.82) is 5.26 Å². The van der Waals surface area contributed by atoms with Crippen molar-refractivity contribution in [2.45, 2.75) is 27.7 Å². The molecule has 0 heterocycles. The number of carbonyl (C=O) groups is 2. The maximum absolute atomic E-state index is 11.8. The Labute approximate surface area is 107 Å². The van der Waals surface area contributed by atoms with E-state index in [-0.39, 0.29) is 12.5 Å². The molecule has 5 nitrogen and oxygen atoms in total. The number of nitrogens with two attached hydrogens (primary N) is 1. The molecule has 18 heavy (non-hydrogen) atoms. The average molecular weight is 250 g/mol. The molecule has 2 atom stereocenters. The molecule has 0 spiro atoms. The fourth-order valence-corrected chi connectivity index (χ4v) is 2.69. The van der Waals surface area contributed by atoms with Crippen molar-refractivity contribution in [1.82, 2.24) is 0 Å². The molecule has 0 aromatic rings. The van der Waals surface area contributed by atoms with Gasteiger partial charge in [-0.15, -0.1) is 0 Å². The number of carbonyl (C=O) groups excluding carboxylic acids is 2. The second-order valence-corrected chi connectivity index (χ2v) is 4.76. The van der Waals surface area contributed by atoms with Gasteiger partial charge in [-0.05, 0) is 25.3 Å². The second kappa shape index (κ2) is 4.81. The Morgan fingerprint density at radius 2 is 2.11 bits per heavy atom. The lowest BCUT2D eigenvalue weighted by Crippen LogP contribution is -2.54. The highest BCUT2D eigenvalue weighted by Crippen LogP contribution is 2.54. The fourth-order valence-electron chi connectivity index (χ4n) is 2.69. The number of hydrogen-bond donors (Lipinski definition) is 1. The van der Waals surface area contributed by atoms with E-state index in [1.165, 1.54) is 0 Å². The van der Waals surface area contributed by atoms with Crippen LogP contribution in [0.3, 0.4) is 0 Å². The lowest BCUT2D eigenvalue weighted by Gasteiger charge is -2.46. The molecule has 2 N–H and O–H groups in total. The van der Waals surface area contributed by atoms with Crippen molar-refractivity contribution in [3.05, 3.63) is 11.1 Å². The molecule has 1 aliphatic carbocycles. The van der Waals surface area contributed by atoms with Gasteiger partial charge in [-0.2, -0.15) is 5.26 Å². The van der Waals surface area contributed by atoms with E-state index >= 15 is 0 Å². The van der Waals surface area contributed by atoms with E-state index in [4.69, 9.17) is 10.5 Å². The normalized spacial score (nSPS) is 26.6. The Bertz CT molecular complexity index is 459. The predicted octanol–water partition coefficient (Wildman–Crippen LogP) is 1.15. The third-order valence-corrected chi connectivity index (χ3v) is 3.50. The minimum absolute atomic E-state index is 0.0414. The van der Waals surface area contributed by atoms with Gasteiger partial charge >= 0.3 is 5.97 Å². The summed E-state index contributed by atoms with van der Waals surface area (Å²) in [5.41, 5.74) is 4.83. The number of ether oxygens (including phenoxy) is 1. The summed E-state index contributed by atoms with van der Waals surface area (Å²) < 4.78 is 4.96. The van der Waals surface area contributed by atoms with Crippen LogP contribution in [-0.2, 0) is 14.3 Å². The van der Waals surface area contributed by atoms with Crippen molar-refractivity contribution in [2.24, 2.45) is 23.0 Å². The van der Waals surface area contributed by atoms with Gasteiger partial charge in [-0.3, -0.25) is 4.79 Å². The first-order chi connectivity index (χ1) is 8.34. The van der Waals surface area contributed by atoms with Gasteiger partial charge in [0.25, 0.3) is 0 Å². The molecule has 0 saturated heterocycles. The summed E-state index contributed by atoms with van der Waals surface area (Å²) in [6.07, 6.45) is 0. The van der Waals surface area contributed by atoms with Crippen LogP contribution in [0.25, 0.3) is 0 Å². The van der Waals surface area contributed by atoms with Crippen LogP contribution < -0.4 is 5.73 Å². The van der Waals surface area contributed by atoms with Crippen molar-refractivity contribution in [2.75, 3.05) is 6.61 Å². The van der Waals surface area contributed by atoms with Gasteiger partial charge in [0.2, 0.25) is 5.91 Å². The molecule has 0 aromatic carbocycles. The number of amides is 1. The summed E-state index contributed by atoms with van der Waals surface area (Å²) in [6.45, 7) is 7.27. The lowest BCUT2D eigenvalue weighted by atomic mass is 9.53. The van der Waals surface area contributed by atoms with Crippen LogP contribution in [0.4, 0.5) is 0 Å². The Morgan fingerprint density at radius 3 is 2.44 bits per heavy atom. The van der Waals surface area contributed by atoms with E-state index in [1.54, 1.807) is 13.8 Å². The Morgan fingerprint density at radius 1 is 1.56 bits per heavy atom. The van der Waals surface area contributed by atoms with Gasteiger partial charge in [0.15, 0.2) is 5.41 Å². The summed E-state index contributed by atoms with van der Waals surface area (Å²) >= 11 is 0. The molecule has 0 fully saturated rings. The van der Waals surface area contributed by atoms with Gasteiger partial charge in [-0.1, -0.05) is 13.8 Å². The van der Waals surface area contributed by atoms with Gasteiger partial charge in [0.05, 0.1) is 12.7 Å². The highest BCUT2D eigenvalue weighted by molar-refractivity contribution is 6.01. The predicted molar refractivity (Wildman–Crippen MR) is 64.9 cm³/mol. The smallest absolute Gasteiger partial charge is 0.334 e. The zero-order valence-electron chi connectivity index (χ0n) is 11.1. The van der Waals surface area contributed by atoms with E-state index in [0.717, 1.165) is 0 Å². The van der Waals surface area contributed by atoms with Crippen LogP contribution in [0.5, 0.6) is 0 Å². The van der Waals surface area contributed by atoms with Crippen LogP contribution in [0.2, 0.25) is 0 Å². The van der Waals surface area contributed by atoms with E-state index in [1.807, 2.05) is 19.9 Å². The van der Waals surface area contributed by atoms with Crippen molar-refractivity contribution in [3.8, 4) is 6.07 Å². The molecule has 5 heteroatoms. The quantitative estimate of drug-likeness (QED) is 0.757. The second-order valence-electron chi connectivity index (χ2n) is 4.76. The Kier molecular flexibility index (Phi) is 3.80. The maximum Gasteiger partial charge on any atom is 0.334 e. The van der Waals surface area contributed by atoms with Crippen LogP contribution in [0.1, 0.15) is 27.7 Å². The highest BCUT2D eigenvalue weighted by atomic mass is 16.5. The van der Waals surface area contributed by atoms with Crippen LogP contribution in [-0.4, -0.2) is 18.5 Å². The summed E-state index contributed by atoms with van der Waals surface area (Å²) in [4.78, 5) is 23.4. The molecule has 98 valence electrons. The SMILES string of the molecule is CCOC(=O)C1=C(C)C(C#N)(C(N)=O)C1C(C)C. The van der Waals surface area contributed by atoms with Gasteiger partial charge < -0.3 is 10.5 Å². The molecule has 2 unspecified atom stereocenters. The maximum atomic E-state index is 11.8. The number of hydrogen-bond acceptors (Lipinski definition) is 4. The molecular weight excluding hydrogens is 232 g/mol. The first kappa shape index (κ1) is 14.2. The number of nitrogens with zero attached hydrogens (tertiary/aromatic N) is 1. The summed E-state index contributed by atoms with van der Waals surface area (Å²) in [6, 6.07) is 1.98. The molecule has 0 aromatic heterocycles. The highest BCUT2D eigenvalue weighted by Gasteiger charge is 2.60.